The van der Waals surface area contributed by atoms with E-state index in [-0.39, 0.29) is 18.1 Å². The highest BCUT2D eigenvalue weighted by atomic mass is 32.2. The topological polar surface area (TPSA) is 80.9 Å². The standard InChI is InChI=1S/C19H17F3N4O2S/c20-19(21,22)15-7-5-13(6-8-15)9-14-3-1-2-4-16(14)17-23-25-26(24-17)10-18(27)11-29(28)12-18/h1-8,27H,9-12H2. The SMILES string of the molecule is O=S1CC(O)(Cn2nnc(-c3ccccc3Cc3ccc(C(F)(F)F)cc3)n2)C1. The first-order chi connectivity index (χ1) is 13.7. The zero-order valence-corrected chi connectivity index (χ0v) is 16.0. The van der Waals surface area contributed by atoms with Gasteiger partial charge in [0, 0.05) is 16.4 Å². The van der Waals surface area contributed by atoms with Gasteiger partial charge in [-0.25, -0.2) is 0 Å². The normalized spacial score (nSPS) is 21.7. The van der Waals surface area contributed by atoms with Crippen LogP contribution in [0.4, 0.5) is 13.2 Å². The van der Waals surface area contributed by atoms with Crippen LogP contribution in [0.25, 0.3) is 11.4 Å². The van der Waals surface area contributed by atoms with Gasteiger partial charge in [0.25, 0.3) is 0 Å². The van der Waals surface area contributed by atoms with E-state index in [0.29, 0.717) is 17.8 Å². The van der Waals surface area contributed by atoms with Crippen LogP contribution >= 0.6 is 0 Å². The van der Waals surface area contributed by atoms with Gasteiger partial charge in [-0.3, -0.25) is 4.21 Å². The van der Waals surface area contributed by atoms with Crippen LogP contribution in [0.15, 0.2) is 48.5 Å². The largest absolute Gasteiger partial charge is 0.416 e. The van der Waals surface area contributed by atoms with E-state index >= 15 is 0 Å². The van der Waals surface area contributed by atoms with Gasteiger partial charge in [-0.1, -0.05) is 36.4 Å². The third-order valence-corrected chi connectivity index (χ3v) is 6.40. The van der Waals surface area contributed by atoms with Crippen molar-refractivity contribution in [2.24, 2.45) is 0 Å². The maximum Gasteiger partial charge on any atom is 0.416 e. The second-order valence-electron chi connectivity index (χ2n) is 7.12. The van der Waals surface area contributed by atoms with E-state index in [1.54, 1.807) is 0 Å². The van der Waals surface area contributed by atoms with Gasteiger partial charge in [0.1, 0.15) is 5.60 Å². The maximum atomic E-state index is 12.7. The molecule has 29 heavy (non-hydrogen) atoms. The number of hydrogen-bond acceptors (Lipinski definition) is 5. The van der Waals surface area contributed by atoms with Crippen molar-refractivity contribution in [1.82, 2.24) is 20.2 Å². The Kier molecular flexibility index (Phi) is 4.99. The summed E-state index contributed by atoms with van der Waals surface area (Å²) in [7, 11) is -1.01. The Balaban J connectivity index is 1.54. The molecule has 3 aromatic rings. The summed E-state index contributed by atoms with van der Waals surface area (Å²) in [6, 6.07) is 12.4. The Morgan fingerprint density at radius 1 is 1.10 bits per heavy atom. The number of nitrogens with zero attached hydrogens (tertiary/aromatic N) is 4. The third-order valence-electron chi connectivity index (χ3n) is 4.68. The Bertz CT molecular complexity index is 1040. The molecule has 0 amide bonds. The first-order valence-electron chi connectivity index (χ1n) is 8.81. The second kappa shape index (κ2) is 7.34. The van der Waals surface area contributed by atoms with Gasteiger partial charge in [0.05, 0.1) is 23.6 Å². The molecule has 0 aliphatic carbocycles. The average Bonchev–Trinajstić information content (AvgIpc) is 3.08. The molecule has 1 fully saturated rings. The van der Waals surface area contributed by atoms with E-state index in [4.69, 9.17) is 0 Å². The smallest absolute Gasteiger partial charge is 0.386 e. The van der Waals surface area contributed by atoms with Crippen LogP contribution in [-0.2, 0) is 29.9 Å². The fourth-order valence-corrected chi connectivity index (χ4v) is 4.55. The van der Waals surface area contributed by atoms with Gasteiger partial charge in [-0.15, -0.1) is 10.2 Å². The number of aromatic nitrogens is 4. The van der Waals surface area contributed by atoms with E-state index in [0.717, 1.165) is 23.3 Å². The Morgan fingerprint density at radius 3 is 2.45 bits per heavy atom. The molecule has 0 saturated carbocycles. The molecular formula is C19H17F3N4O2S. The molecule has 0 unspecified atom stereocenters. The minimum atomic E-state index is -4.37. The molecule has 0 spiro atoms. The van der Waals surface area contributed by atoms with Gasteiger partial charge in [-0.2, -0.15) is 18.0 Å². The molecule has 6 nitrogen and oxygen atoms in total. The summed E-state index contributed by atoms with van der Waals surface area (Å²) in [6.07, 6.45) is -3.96. The van der Waals surface area contributed by atoms with Crippen LogP contribution in [0, 0.1) is 0 Å². The lowest BCUT2D eigenvalue weighted by molar-refractivity contribution is -0.137. The summed E-state index contributed by atoms with van der Waals surface area (Å²) in [5.41, 5.74) is 0.513. The molecule has 2 heterocycles. The number of rotatable bonds is 5. The zero-order valence-electron chi connectivity index (χ0n) is 15.1. The molecule has 1 aliphatic heterocycles. The summed E-state index contributed by atoms with van der Waals surface area (Å²) in [5.74, 6) is 0.736. The van der Waals surface area contributed by atoms with E-state index in [9.17, 15) is 22.5 Å². The van der Waals surface area contributed by atoms with Crippen LogP contribution in [0.5, 0.6) is 0 Å². The van der Waals surface area contributed by atoms with E-state index in [2.05, 4.69) is 15.4 Å². The van der Waals surface area contributed by atoms with E-state index in [1.165, 1.54) is 16.9 Å². The molecule has 4 rings (SSSR count). The van der Waals surface area contributed by atoms with Gasteiger partial charge < -0.3 is 5.11 Å². The molecule has 0 radical (unpaired) electrons. The van der Waals surface area contributed by atoms with Gasteiger partial charge >= 0.3 is 6.18 Å². The number of alkyl halides is 3. The minimum Gasteiger partial charge on any atom is -0.386 e. The highest BCUT2D eigenvalue weighted by Gasteiger charge is 2.42. The Labute approximate surface area is 166 Å². The fourth-order valence-electron chi connectivity index (χ4n) is 3.25. The molecule has 1 saturated heterocycles. The van der Waals surface area contributed by atoms with E-state index in [1.807, 2.05) is 24.3 Å². The van der Waals surface area contributed by atoms with Gasteiger partial charge in [-0.05, 0) is 34.9 Å². The molecule has 1 N–H and O–H groups in total. The lowest BCUT2D eigenvalue weighted by Crippen LogP contribution is -2.54. The van der Waals surface area contributed by atoms with Crippen molar-refractivity contribution in [3.8, 4) is 11.4 Å². The molecule has 0 bridgehead atoms. The van der Waals surface area contributed by atoms with Crippen LogP contribution in [0.2, 0.25) is 0 Å². The van der Waals surface area contributed by atoms with Crippen molar-refractivity contribution in [2.75, 3.05) is 11.5 Å². The molecule has 152 valence electrons. The predicted molar refractivity (Wildman–Crippen MR) is 100 cm³/mol. The summed E-state index contributed by atoms with van der Waals surface area (Å²) in [5, 5.41) is 22.6. The van der Waals surface area contributed by atoms with Crippen molar-refractivity contribution < 1.29 is 22.5 Å². The quantitative estimate of drug-likeness (QED) is 0.683. The Morgan fingerprint density at radius 2 is 1.79 bits per heavy atom. The molecule has 10 heteroatoms. The first-order valence-corrected chi connectivity index (χ1v) is 10.3. The third kappa shape index (κ3) is 4.38. The summed E-state index contributed by atoms with van der Waals surface area (Å²) < 4.78 is 49.5. The summed E-state index contributed by atoms with van der Waals surface area (Å²) >= 11 is 0. The minimum absolute atomic E-state index is 0.104. The van der Waals surface area contributed by atoms with Crippen LogP contribution in [0.3, 0.4) is 0 Å². The zero-order chi connectivity index (χ0) is 20.6. The second-order valence-corrected chi connectivity index (χ2v) is 8.58. The molecule has 1 aliphatic rings. The van der Waals surface area contributed by atoms with Crippen molar-refractivity contribution >= 4 is 10.8 Å². The first kappa shape index (κ1) is 19.7. The highest BCUT2D eigenvalue weighted by molar-refractivity contribution is 7.86. The van der Waals surface area contributed by atoms with Crippen molar-refractivity contribution in [3.05, 3.63) is 65.2 Å². The summed E-state index contributed by atoms with van der Waals surface area (Å²) in [6.45, 7) is 0.104. The van der Waals surface area contributed by atoms with E-state index < -0.39 is 28.1 Å². The van der Waals surface area contributed by atoms with Crippen LogP contribution in [0.1, 0.15) is 16.7 Å². The van der Waals surface area contributed by atoms with Crippen molar-refractivity contribution in [2.45, 2.75) is 24.7 Å². The molecule has 0 atom stereocenters. The Hall–Kier alpha value is -2.59. The fraction of sp³-hybridized carbons (Fsp3) is 0.316. The predicted octanol–water partition coefficient (Wildman–Crippen LogP) is 2.44. The monoisotopic (exact) mass is 422 g/mol. The number of benzene rings is 2. The number of halogens is 3. The number of tetrazole rings is 1. The van der Waals surface area contributed by atoms with Crippen LogP contribution < -0.4 is 0 Å². The van der Waals surface area contributed by atoms with Crippen molar-refractivity contribution in [3.63, 3.8) is 0 Å². The maximum absolute atomic E-state index is 12.7. The molecule has 1 aromatic heterocycles. The molecule has 2 aromatic carbocycles. The lowest BCUT2D eigenvalue weighted by atomic mass is 9.98. The molecular weight excluding hydrogens is 405 g/mol. The average molecular weight is 422 g/mol. The number of aliphatic hydroxyl groups is 1. The van der Waals surface area contributed by atoms with Gasteiger partial charge in [0.2, 0.25) is 5.82 Å². The van der Waals surface area contributed by atoms with Gasteiger partial charge in [0.15, 0.2) is 0 Å². The van der Waals surface area contributed by atoms with Crippen LogP contribution in [-0.4, -0.2) is 46.6 Å². The summed E-state index contributed by atoms with van der Waals surface area (Å²) in [4.78, 5) is 1.28. The van der Waals surface area contributed by atoms with Crippen molar-refractivity contribution in [1.29, 1.82) is 0 Å². The number of hydrogen-bond donors (Lipinski definition) is 1. The highest BCUT2D eigenvalue weighted by Crippen LogP contribution is 2.30. The lowest BCUT2D eigenvalue weighted by Gasteiger charge is -2.34.